The summed E-state index contributed by atoms with van der Waals surface area (Å²) in [5.41, 5.74) is 1.97. The zero-order chi connectivity index (χ0) is 21.7. The van der Waals surface area contributed by atoms with Crippen LogP contribution in [-0.2, 0) is 4.79 Å². The summed E-state index contributed by atoms with van der Waals surface area (Å²) in [4.78, 5) is 33.6. The van der Waals surface area contributed by atoms with E-state index >= 15 is 0 Å². The number of imidazole rings is 1. The minimum atomic E-state index is -1.10. The Morgan fingerprint density at radius 1 is 1.39 bits per heavy atom. The number of carboxylic acid groups (broad SMARTS) is 1. The number of aromatic nitrogens is 2. The van der Waals surface area contributed by atoms with Crippen LogP contribution in [0.3, 0.4) is 0 Å². The number of nitrogens with zero attached hydrogens (tertiary/aromatic N) is 2. The Morgan fingerprint density at radius 2 is 2.23 bits per heavy atom. The second-order valence-corrected chi connectivity index (χ2v) is 9.78. The van der Waals surface area contributed by atoms with Gasteiger partial charge in [0.25, 0.3) is 0 Å². The monoisotopic (exact) mass is 484 g/mol. The molecule has 8 heteroatoms. The van der Waals surface area contributed by atoms with Gasteiger partial charge in [0.2, 0.25) is 0 Å². The minimum absolute atomic E-state index is 0.105. The van der Waals surface area contributed by atoms with Crippen LogP contribution in [0.15, 0.2) is 34.8 Å². The maximum absolute atomic E-state index is 11.4. The number of H-pyrrole nitrogens is 1. The third-order valence-corrected chi connectivity index (χ3v) is 7.51. The molecule has 7 nitrogen and oxygen atoms in total. The molecule has 2 aliphatic rings. The predicted molar refractivity (Wildman–Crippen MR) is 122 cm³/mol. The van der Waals surface area contributed by atoms with Crippen molar-refractivity contribution in [3.8, 4) is 0 Å². The molecule has 1 amide bonds. The predicted octanol–water partition coefficient (Wildman–Crippen LogP) is 4.48. The highest BCUT2D eigenvalue weighted by Crippen LogP contribution is 2.50. The van der Waals surface area contributed by atoms with Gasteiger partial charge >= 0.3 is 6.09 Å². The maximum atomic E-state index is 11.4. The lowest BCUT2D eigenvalue weighted by Gasteiger charge is -2.37. The van der Waals surface area contributed by atoms with Crippen molar-refractivity contribution in [3.63, 3.8) is 0 Å². The molecule has 1 saturated heterocycles. The van der Waals surface area contributed by atoms with E-state index in [-0.39, 0.29) is 6.04 Å². The van der Waals surface area contributed by atoms with Gasteiger partial charge in [0.1, 0.15) is 12.1 Å². The first-order valence-corrected chi connectivity index (χ1v) is 11.5. The first kappa shape index (κ1) is 20.5. The fraction of sp³-hybridized carbons (Fsp3) is 0.435. The molecule has 1 aliphatic heterocycles. The SMILES string of the molecule is CC(C=O)C(CN1[C@H]2CC[C@H](C2)[C@H]1c1nc2ccc3cc(Br)ccc3c2[nH]1)NC(=O)O. The normalized spacial score (nSPS) is 25.2. The molecule has 2 heterocycles. The van der Waals surface area contributed by atoms with Crippen LogP contribution in [0.25, 0.3) is 21.8 Å². The number of nitrogens with one attached hydrogen (secondary N) is 2. The Kier molecular flexibility index (Phi) is 5.22. The number of benzene rings is 2. The number of carbonyl (C=O) groups excluding carboxylic acids is 1. The Labute approximate surface area is 188 Å². The molecule has 5 atom stereocenters. The molecule has 1 saturated carbocycles. The number of aromatic amines is 1. The highest BCUT2D eigenvalue weighted by atomic mass is 79.9. The van der Waals surface area contributed by atoms with Crippen LogP contribution in [0, 0.1) is 11.8 Å². The van der Waals surface area contributed by atoms with Crippen molar-refractivity contribution in [1.82, 2.24) is 20.2 Å². The minimum Gasteiger partial charge on any atom is -0.465 e. The van der Waals surface area contributed by atoms with E-state index in [0.29, 0.717) is 18.5 Å². The first-order valence-electron chi connectivity index (χ1n) is 10.7. The van der Waals surface area contributed by atoms with E-state index in [1.54, 1.807) is 6.92 Å². The quantitative estimate of drug-likeness (QED) is 0.448. The molecular weight excluding hydrogens is 460 g/mol. The summed E-state index contributed by atoms with van der Waals surface area (Å²) >= 11 is 3.54. The van der Waals surface area contributed by atoms with Crippen molar-refractivity contribution in [2.24, 2.45) is 11.8 Å². The van der Waals surface area contributed by atoms with Crippen LogP contribution in [0.2, 0.25) is 0 Å². The number of likely N-dealkylation sites (tertiary alicyclic amines) is 1. The molecule has 3 N–H and O–H groups in total. The topological polar surface area (TPSA) is 98.3 Å². The number of carbonyl (C=O) groups is 2. The highest BCUT2D eigenvalue weighted by molar-refractivity contribution is 9.10. The molecule has 2 aromatic carbocycles. The van der Waals surface area contributed by atoms with E-state index in [0.717, 1.165) is 57.7 Å². The first-order chi connectivity index (χ1) is 14.9. The molecule has 2 unspecified atom stereocenters. The van der Waals surface area contributed by atoms with Crippen molar-refractivity contribution >= 4 is 50.1 Å². The van der Waals surface area contributed by atoms with E-state index in [2.05, 4.69) is 49.3 Å². The molecular formula is C23H25BrN4O3. The van der Waals surface area contributed by atoms with Crippen LogP contribution in [0.5, 0.6) is 0 Å². The van der Waals surface area contributed by atoms with Gasteiger partial charge in [-0.05, 0) is 48.8 Å². The van der Waals surface area contributed by atoms with E-state index in [4.69, 9.17) is 4.98 Å². The third kappa shape index (κ3) is 3.61. The lowest BCUT2D eigenvalue weighted by Crippen LogP contribution is -2.50. The highest BCUT2D eigenvalue weighted by Gasteiger charge is 2.48. The van der Waals surface area contributed by atoms with E-state index in [1.165, 1.54) is 0 Å². The van der Waals surface area contributed by atoms with Gasteiger partial charge in [0.15, 0.2) is 0 Å². The maximum Gasteiger partial charge on any atom is 0.404 e. The van der Waals surface area contributed by atoms with Crippen LogP contribution in [-0.4, -0.2) is 51.0 Å². The van der Waals surface area contributed by atoms with Crippen molar-refractivity contribution in [3.05, 3.63) is 40.6 Å². The third-order valence-electron chi connectivity index (χ3n) is 7.02. The van der Waals surface area contributed by atoms with Crippen LogP contribution in [0.4, 0.5) is 4.79 Å². The van der Waals surface area contributed by atoms with Crippen molar-refractivity contribution in [2.45, 2.75) is 44.3 Å². The fourth-order valence-electron chi connectivity index (χ4n) is 5.48. The Balaban J connectivity index is 1.51. The molecule has 3 aromatic rings. The average Bonchev–Trinajstić information content (AvgIpc) is 3.46. The number of amides is 1. The van der Waals surface area contributed by atoms with Gasteiger partial charge in [-0.25, -0.2) is 9.78 Å². The second kappa shape index (κ2) is 7.91. The van der Waals surface area contributed by atoms with Crippen molar-refractivity contribution in [2.75, 3.05) is 6.54 Å². The number of hydrogen-bond acceptors (Lipinski definition) is 4. The number of piperidine rings is 1. The molecule has 0 spiro atoms. The summed E-state index contributed by atoms with van der Waals surface area (Å²) in [5.74, 6) is 1.03. The molecule has 162 valence electrons. The number of hydrogen-bond donors (Lipinski definition) is 3. The molecule has 2 fully saturated rings. The van der Waals surface area contributed by atoms with Gasteiger partial charge in [-0.1, -0.05) is 35.0 Å². The molecule has 1 aliphatic carbocycles. The summed E-state index contributed by atoms with van der Waals surface area (Å²) in [6, 6.07) is 10.4. The molecule has 31 heavy (non-hydrogen) atoms. The Morgan fingerprint density at radius 3 is 3.00 bits per heavy atom. The smallest absolute Gasteiger partial charge is 0.404 e. The lowest BCUT2D eigenvalue weighted by molar-refractivity contribution is -0.111. The average molecular weight is 485 g/mol. The number of fused-ring (bicyclic) bond motifs is 5. The molecule has 0 radical (unpaired) electrons. The standard InChI is InChI=1S/C23H25BrN4O3/c1-12(11-29)19(26-23(30)31)10-28-16-5-2-14(9-16)21(28)22-25-18-7-3-13-8-15(24)4-6-17(13)20(18)27-22/h3-4,6-8,11-12,14,16,19,21,26H,2,5,9-10H2,1H3,(H,25,27)(H,30,31)/t12?,14-,16+,19?,21+/m1/s1. The summed E-state index contributed by atoms with van der Waals surface area (Å²) in [6.07, 6.45) is 3.07. The summed E-state index contributed by atoms with van der Waals surface area (Å²) in [7, 11) is 0. The lowest BCUT2D eigenvalue weighted by atomic mass is 9.96. The van der Waals surface area contributed by atoms with Gasteiger partial charge in [0, 0.05) is 28.4 Å². The number of rotatable bonds is 6. The number of aldehydes is 1. The van der Waals surface area contributed by atoms with Crippen molar-refractivity contribution in [1.29, 1.82) is 0 Å². The van der Waals surface area contributed by atoms with E-state index in [9.17, 15) is 14.7 Å². The van der Waals surface area contributed by atoms with E-state index < -0.39 is 18.1 Å². The fourth-order valence-corrected chi connectivity index (χ4v) is 5.86. The van der Waals surface area contributed by atoms with Crippen LogP contribution >= 0.6 is 15.9 Å². The van der Waals surface area contributed by atoms with Crippen molar-refractivity contribution < 1.29 is 14.7 Å². The van der Waals surface area contributed by atoms with Gasteiger partial charge < -0.3 is 20.2 Å². The zero-order valence-corrected chi connectivity index (χ0v) is 18.8. The van der Waals surface area contributed by atoms with Gasteiger partial charge in [-0.3, -0.25) is 4.90 Å². The molecule has 5 rings (SSSR count). The van der Waals surface area contributed by atoms with Gasteiger partial charge in [0.05, 0.1) is 23.1 Å². The van der Waals surface area contributed by atoms with Crippen LogP contribution in [0.1, 0.15) is 38.1 Å². The van der Waals surface area contributed by atoms with Gasteiger partial charge in [-0.2, -0.15) is 0 Å². The summed E-state index contributed by atoms with van der Waals surface area (Å²) in [5, 5.41) is 14.1. The van der Waals surface area contributed by atoms with Crippen LogP contribution < -0.4 is 5.32 Å². The van der Waals surface area contributed by atoms with E-state index in [1.807, 2.05) is 12.1 Å². The summed E-state index contributed by atoms with van der Waals surface area (Å²) < 4.78 is 1.04. The number of halogens is 1. The van der Waals surface area contributed by atoms with Gasteiger partial charge in [-0.15, -0.1) is 0 Å². The Bertz CT molecular complexity index is 1160. The summed E-state index contributed by atoms with van der Waals surface area (Å²) in [6.45, 7) is 2.27. The largest absolute Gasteiger partial charge is 0.465 e. The Hall–Kier alpha value is -2.45. The molecule has 1 aromatic heterocycles. The molecule has 2 bridgehead atoms. The zero-order valence-electron chi connectivity index (χ0n) is 17.2. The second-order valence-electron chi connectivity index (χ2n) is 8.87.